The number of aromatic hydroxyl groups is 1. The second-order valence-electron chi connectivity index (χ2n) is 28.9. The first-order chi connectivity index (χ1) is 45.3. The van der Waals surface area contributed by atoms with E-state index in [1.54, 1.807) is 24.1 Å². The number of likely N-dealkylation sites (N-methyl/N-ethyl adjacent to an activating group) is 3. The third-order valence-corrected chi connectivity index (χ3v) is 24.1. The van der Waals surface area contributed by atoms with Crippen molar-refractivity contribution in [1.29, 1.82) is 0 Å². The normalized spacial score (nSPS) is 30.8. The van der Waals surface area contributed by atoms with Crippen LogP contribution in [-0.4, -0.2) is 128 Å². The number of carbonyl (C=O) groups excluding carboxylic acids is 2. The average Bonchev–Trinajstić information content (AvgIpc) is 1.48. The van der Waals surface area contributed by atoms with Gasteiger partial charge in [0.15, 0.2) is 23.5 Å². The number of fused-ring (bicyclic) bond motifs is 6. The van der Waals surface area contributed by atoms with Crippen LogP contribution in [0.1, 0.15) is 173 Å². The molecule has 4 aromatic carbocycles. The first-order valence-electron chi connectivity index (χ1n) is 35.2. The summed E-state index contributed by atoms with van der Waals surface area (Å²) in [4.78, 5) is 30.3. The number of aliphatic hydroxyl groups is 3. The zero-order chi connectivity index (χ0) is 64.3. The van der Waals surface area contributed by atoms with Gasteiger partial charge in [-0.15, -0.1) is 0 Å². The van der Waals surface area contributed by atoms with Crippen LogP contribution in [-0.2, 0) is 27.8 Å². The molecular formula is C76H98N6O11. The lowest BCUT2D eigenvalue weighted by Crippen LogP contribution is -2.65. The standard InChI is InChI=1S/C76H98N6O11/c1-44-20-26-56-47(22-21-45-14-11-17-51(34-45)79-4)16-12-31-76(56,81-44)93-62-39-60(90-33-32-77-2)52-24-25-53-66-59(80-72(87)69(62)68(52)66)38-61-67(53)70(85)54(43-92-61)48-35-63(89-5)71(86)64(36-48)91-42-50(41-83)75-30-13-19-57(58(75)27-23-46-15-7-8-18-55(46)75)74(28-9-6-10-29-74)82-65(84)37-49(40-78-3)73(82)88/h7-8,11,15,17-18,23,27,35-39,44-45,47,50-51,54,56-58,70,72,77-81,83,85-87H,6,9-10,12-14,16,19-22,24-26,28-34,40-43H2,1-5H3. The molecule has 9 N–H and O–H groups in total. The predicted octanol–water partition coefficient (Wildman–Crippen LogP) is 10.6. The van der Waals surface area contributed by atoms with Gasteiger partial charge in [0, 0.05) is 106 Å². The number of piperidine rings is 1. The molecule has 13 atom stereocenters. The third-order valence-electron chi connectivity index (χ3n) is 24.1. The summed E-state index contributed by atoms with van der Waals surface area (Å²) in [6.07, 6.45) is 26.2. The number of allylic oxidation sites excluding steroid dienone is 2. The fourth-order valence-electron chi connectivity index (χ4n) is 19.9. The number of benzene rings is 4. The highest BCUT2D eigenvalue weighted by Gasteiger charge is 2.61. The lowest BCUT2D eigenvalue weighted by Gasteiger charge is -2.60. The maximum Gasteiger partial charge on any atom is 0.258 e. The topological polar surface area (TPSA) is 225 Å². The van der Waals surface area contributed by atoms with Gasteiger partial charge in [-0.3, -0.25) is 19.8 Å². The van der Waals surface area contributed by atoms with Crippen molar-refractivity contribution in [3.05, 3.63) is 117 Å². The van der Waals surface area contributed by atoms with E-state index in [9.17, 15) is 30.0 Å². The van der Waals surface area contributed by atoms with Crippen molar-refractivity contribution in [2.75, 3.05) is 73.1 Å². The summed E-state index contributed by atoms with van der Waals surface area (Å²) in [7, 11) is 7.27. The Morgan fingerprint density at radius 1 is 0.828 bits per heavy atom. The fourth-order valence-corrected chi connectivity index (χ4v) is 19.9. The number of rotatable bonds is 21. The molecule has 0 aromatic heterocycles. The Morgan fingerprint density at radius 2 is 1.65 bits per heavy atom. The van der Waals surface area contributed by atoms with Crippen LogP contribution < -0.4 is 50.3 Å². The summed E-state index contributed by atoms with van der Waals surface area (Å²) in [6, 6.07) is 16.6. The Labute approximate surface area is 548 Å². The van der Waals surface area contributed by atoms with Crippen molar-refractivity contribution >= 4 is 23.6 Å². The van der Waals surface area contributed by atoms with E-state index in [1.807, 2.05) is 25.2 Å². The number of carbonyl (C=O) groups is 2. The van der Waals surface area contributed by atoms with Gasteiger partial charge in [0.25, 0.3) is 11.8 Å². The van der Waals surface area contributed by atoms with Crippen LogP contribution in [0.15, 0.2) is 78.4 Å². The van der Waals surface area contributed by atoms with Gasteiger partial charge in [-0.1, -0.05) is 74.3 Å². The summed E-state index contributed by atoms with van der Waals surface area (Å²) in [5.74, 6) is 1.61. The van der Waals surface area contributed by atoms with Crippen molar-refractivity contribution in [3.63, 3.8) is 0 Å². The first-order valence-corrected chi connectivity index (χ1v) is 35.2. The number of anilines is 1. The van der Waals surface area contributed by atoms with Gasteiger partial charge in [0.1, 0.15) is 23.9 Å². The summed E-state index contributed by atoms with van der Waals surface area (Å²) in [5.41, 5.74) is 7.06. The molecule has 10 aliphatic rings. The molecule has 2 amide bonds. The summed E-state index contributed by atoms with van der Waals surface area (Å²) < 4.78 is 34.0. The monoisotopic (exact) mass is 1270 g/mol. The highest BCUT2D eigenvalue weighted by molar-refractivity contribution is 6.17. The number of hydrogen-bond donors (Lipinski definition) is 9. The molecule has 4 aromatic rings. The van der Waals surface area contributed by atoms with Crippen molar-refractivity contribution in [1.82, 2.24) is 26.2 Å². The van der Waals surface area contributed by atoms with Crippen LogP contribution in [0.2, 0.25) is 0 Å². The maximum absolute atomic E-state index is 14.5. The zero-order valence-electron chi connectivity index (χ0n) is 55.1. The number of hydrogen-bond acceptors (Lipinski definition) is 16. The number of nitrogens with zero attached hydrogens (tertiary/aromatic N) is 1. The van der Waals surface area contributed by atoms with E-state index in [0.717, 1.165) is 135 Å². The summed E-state index contributed by atoms with van der Waals surface area (Å²) in [5, 5.41) is 67.0. The molecule has 4 aliphatic heterocycles. The molecule has 0 radical (unpaired) electrons. The number of nitrogens with one attached hydrogen (secondary N) is 5. The number of phenolic OH excluding ortho intramolecular Hbond substituents is 1. The van der Waals surface area contributed by atoms with Crippen LogP contribution in [0.5, 0.6) is 34.5 Å². The largest absolute Gasteiger partial charge is 0.502 e. The van der Waals surface area contributed by atoms with Gasteiger partial charge in [-0.25, -0.2) is 0 Å². The van der Waals surface area contributed by atoms with E-state index in [-0.39, 0.29) is 72.7 Å². The number of imide groups is 1. The number of aliphatic hydroxyl groups excluding tert-OH is 3. The van der Waals surface area contributed by atoms with Gasteiger partial charge >= 0.3 is 0 Å². The zero-order valence-corrected chi connectivity index (χ0v) is 55.1. The fraction of sp³-hybridized carbons (Fsp3) is 0.579. The molecule has 498 valence electrons. The Balaban J connectivity index is 0.783. The minimum atomic E-state index is -1.11. The van der Waals surface area contributed by atoms with E-state index < -0.39 is 40.8 Å². The number of phenols is 1. The Morgan fingerprint density at radius 3 is 2.45 bits per heavy atom. The van der Waals surface area contributed by atoms with Crippen LogP contribution in [0, 0.1) is 35.5 Å². The van der Waals surface area contributed by atoms with Gasteiger partial charge in [-0.2, -0.15) is 0 Å². The minimum absolute atomic E-state index is 0.0216. The molecule has 1 saturated heterocycles. The Hall–Kier alpha value is -6.44. The van der Waals surface area contributed by atoms with Gasteiger partial charge in [0.05, 0.1) is 44.1 Å². The van der Waals surface area contributed by atoms with Gasteiger partial charge in [0.2, 0.25) is 5.75 Å². The van der Waals surface area contributed by atoms with E-state index in [4.69, 9.17) is 23.7 Å². The minimum Gasteiger partial charge on any atom is -0.502 e. The highest BCUT2D eigenvalue weighted by Crippen LogP contribution is 2.62. The van der Waals surface area contributed by atoms with Crippen LogP contribution in [0.4, 0.5) is 5.69 Å². The SMILES string of the molecule is CNCCOc1cc(OC23CCCC(CCC4CC=CC(NC)C4)C2CCC(C)N3)c2c3c1CCc1c-3c(cc3c1C(O)C(c1cc(OC)c(O)c(OCC(CO)C45CCCC(C6(N7C(=O)C=C(CNC)C7=O)CCCCC6)C4C=Cc4ccccc45)c1)CO3)NC2O. The lowest BCUT2D eigenvalue weighted by atomic mass is 9.47. The molecule has 93 heavy (non-hydrogen) atoms. The van der Waals surface area contributed by atoms with Crippen molar-refractivity contribution in [2.45, 2.75) is 176 Å². The quantitative estimate of drug-likeness (QED) is 0.0215. The van der Waals surface area contributed by atoms with Crippen molar-refractivity contribution in [2.24, 2.45) is 35.5 Å². The number of ether oxygens (including phenoxy) is 5. The van der Waals surface area contributed by atoms with Crippen molar-refractivity contribution < 1.29 is 53.7 Å². The molecule has 6 aliphatic carbocycles. The molecule has 17 nitrogen and oxygen atoms in total. The van der Waals surface area contributed by atoms with E-state index in [1.165, 1.54) is 32.4 Å². The van der Waals surface area contributed by atoms with Crippen LogP contribution in [0.3, 0.4) is 0 Å². The molecular weight excluding hydrogens is 1170 g/mol. The number of amides is 2. The Bertz CT molecular complexity index is 3580. The van der Waals surface area contributed by atoms with Crippen LogP contribution in [0.25, 0.3) is 17.2 Å². The molecule has 14 rings (SSSR count). The molecule has 0 spiro atoms. The Kier molecular flexibility index (Phi) is 18.1. The van der Waals surface area contributed by atoms with Gasteiger partial charge in [-0.05, 0) is 176 Å². The molecule has 17 heteroatoms. The molecule has 4 heterocycles. The van der Waals surface area contributed by atoms with E-state index >= 15 is 0 Å². The predicted molar refractivity (Wildman–Crippen MR) is 359 cm³/mol. The molecule has 13 unspecified atom stereocenters. The average molecular weight is 1270 g/mol. The molecule has 4 fully saturated rings. The van der Waals surface area contributed by atoms with Gasteiger partial charge < -0.3 is 65.4 Å². The summed E-state index contributed by atoms with van der Waals surface area (Å²) in [6.45, 7) is 3.56. The third kappa shape index (κ3) is 11.0. The second-order valence-corrected chi connectivity index (χ2v) is 28.9. The molecule has 3 saturated carbocycles. The maximum atomic E-state index is 14.5. The van der Waals surface area contributed by atoms with Crippen LogP contribution >= 0.6 is 0 Å². The van der Waals surface area contributed by atoms with Crippen molar-refractivity contribution in [3.8, 4) is 45.6 Å². The second kappa shape index (κ2) is 26.3. The smallest absolute Gasteiger partial charge is 0.258 e. The summed E-state index contributed by atoms with van der Waals surface area (Å²) >= 11 is 0. The first kappa shape index (κ1) is 63.9. The van der Waals surface area contributed by atoms with E-state index in [0.29, 0.717) is 84.2 Å². The number of methoxy groups -OCH3 is 1. The molecule has 0 bridgehead atoms. The highest BCUT2D eigenvalue weighted by atomic mass is 16.5. The lowest BCUT2D eigenvalue weighted by molar-refractivity contribution is -0.153. The van der Waals surface area contributed by atoms with E-state index in [2.05, 4.69) is 83.1 Å².